The van der Waals surface area contributed by atoms with Crippen molar-refractivity contribution in [1.29, 1.82) is 0 Å². The number of aliphatic imine (C=N–C) groups is 1. The minimum atomic E-state index is -1.37. The minimum Gasteiger partial charge on any atom is -0.338 e. The van der Waals surface area contributed by atoms with Gasteiger partial charge in [0.1, 0.15) is 10.5 Å². The van der Waals surface area contributed by atoms with Gasteiger partial charge < -0.3 is 16.0 Å². The Balaban J connectivity index is 2.04. The first kappa shape index (κ1) is 19.5. The molecule has 1 aromatic rings. The third-order valence-corrected chi connectivity index (χ3v) is 5.54. The molecule has 0 aliphatic carbocycles. The van der Waals surface area contributed by atoms with Gasteiger partial charge in [-0.2, -0.15) is 0 Å². The van der Waals surface area contributed by atoms with Crippen LogP contribution < -0.4 is 16.0 Å². The lowest BCUT2D eigenvalue weighted by atomic mass is 10.1. The Morgan fingerprint density at radius 2 is 2.08 bits per heavy atom. The highest BCUT2D eigenvalue weighted by Gasteiger charge is 2.32. The SMILES string of the molecule is CCCCNC(=O)Nc1ccccc1CS(=O)C1=NC(C)(C)C(=S)N1. The Morgan fingerprint density at radius 3 is 2.72 bits per heavy atom. The summed E-state index contributed by atoms with van der Waals surface area (Å²) in [4.78, 5) is 16.9. The molecule has 1 aliphatic heterocycles. The van der Waals surface area contributed by atoms with Crippen LogP contribution in [-0.2, 0) is 16.6 Å². The van der Waals surface area contributed by atoms with Gasteiger partial charge in [0.25, 0.3) is 0 Å². The summed E-state index contributed by atoms with van der Waals surface area (Å²) in [6.07, 6.45) is 1.95. The molecule has 0 radical (unpaired) electrons. The summed E-state index contributed by atoms with van der Waals surface area (Å²) in [7, 11) is -1.37. The quantitative estimate of drug-likeness (QED) is 0.523. The molecule has 8 heteroatoms. The summed E-state index contributed by atoms with van der Waals surface area (Å²) in [6, 6.07) is 7.07. The predicted octanol–water partition coefficient (Wildman–Crippen LogP) is 2.92. The monoisotopic (exact) mass is 380 g/mol. The number of thiocarbonyl (C=S) groups is 1. The smallest absolute Gasteiger partial charge is 0.319 e. The fraction of sp³-hybridized carbons (Fsp3) is 0.471. The topological polar surface area (TPSA) is 82.6 Å². The molecule has 1 unspecified atom stereocenters. The number of anilines is 1. The van der Waals surface area contributed by atoms with Crippen LogP contribution in [0.3, 0.4) is 0 Å². The molecular formula is C17H24N4O2S2. The van der Waals surface area contributed by atoms with Gasteiger partial charge in [-0.05, 0) is 31.9 Å². The van der Waals surface area contributed by atoms with Crippen LogP contribution in [0.15, 0.2) is 29.3 Å². The van der Waals surface area contributed by atoms with Gasteiger partial charge in [-0.25, -0.2) is 9.79 Å². The van der Waals surface area contributed by atoms with Gasteiger partial charge in [-0.15, -0.1) is 0 Å². The number of nitrogens with zero attached hydrogens (tertiary/aromatic N) is 1. The number of unbranched alkanes of at least 4 members (excludes halogenated alkanes) is 1. The zero-order chi connectivity index (χ0) is 18.4. The summed E-state index contributed by atoms with van der Waals surface area (Å²) in [6.45, 7) is 6.45. The molecule has 1 heterocycles. The lowest BCUT2D eigenvalue weighted by molar-refractivity contribution is 0.252. The van der Waals surface area contributed by atoms with E-state index in [1.807, 2.05) is 32.0 Å². The van der Waals surface area contributed by atoms with Crippen LogP contribution in [0.25, 0.3) is 0 Å². The molecular weight excluding hydrogens is 356 g/mol. The van der Waals surface area contributed by atoms with Gasteiger partial charge in [-0.3, -0.25) is 4.21 Å². The molecule has 136 valence electrons. The number of para-hydroxylation sites is 1. The fourth-order valence-corrected chi connectivity index (χ4v) is 3.64. The molecule has 2 rings (SSSR count). The Hall–Kier alpha value is -1.80. The molecule has 25 heavy (non-hydrogen) atoms. The van der Waals surface area contributed by atoms with E-state index >= 15 is 0 Å². The van der Waals surface area contributed by atoms with Crippen molar-refractivity contribution in [1.82, 2.24) is 10.6 Å². The second-order valence-electron chi connectivity index (χ2n) is 6.31. The summed E-state index contributed by atoms with van der Waals surface area (Å²) >= 11 is 5.22. The number of hydrogen-bond acceptors (Lipinski definition) is 4. The lowest BCUT2D eigenvalue weighted by Gasteiger charge is -2.12. The molecule has 0 spiro atoms. The van der Waals surface area contributed by atoms with Crippen LogP contribution in [0, 0.1) is 0 Å². The highest BCUT2D eigenvalue weighted by Crippen LogP contribution is 2.21. The summed E-state index contributed by atoms with van der Waals surface area (Å²) < 4.78 is 12.6. The average molecular weight is 381 g/mol. The van der Waals surface area contributed by atoms with Crippen LogP contribution in [0.5, 0.6) is 0 Å². The number of urea groups is 1. The first-order valence-corrected chi connectivity index (χ1v) is 9.98. The zero-order valence-corrected chi connectivity index (χ0v) is 16.4. The second-order valence-corrected chi connectivity index (χ2v) is 8.09. The number of benzene rings is 1. The molecule has 6 nitrogen and oxygen atoms in total. The molecule has 3 N–H and O–H groups in total. The molecule has 0 saturated carbocycles. The Labute approximate surface area is 156 Å². The zero-order valence-electron chi connectivity index (χ0n) is 14.7. The van der Waals surface area contributed by atoms with Crippen molar-refractivity contribution in [3.05, 3.63) is 29.8 Å². The molecule has 0 aromatic heterocycles. The van der Waals surface area contributed by atoms with Gasteiger partial charge in [-0.1, -0.05) is 43.8 Å². The standard InChI is InChI=1S/C17H24N4O2S2/c1-4-5-10-18-15(22)19-13-9-7-6-8-12(13)11-25(23)16-20-14(24)17(2,3)21-16/h6-9H,4-5,10-11H2,1-3H3,(H2,18,19,22)(H,20,21,24). The number of nitrogens with one attached hydrogen (secondary N) is 3. The highest BCUT2D eigenvalue weighted by molar-refractivity contribution is 8.00. The van der Waals surface area contributed by atoms with Gasteiger partial charge >= 0.3 is 6.03 Å². The van der Waals surface area contributed by atoms with Crippen LogP contribution >= 0.6 is 12.2 Å². The van der Waals surface area contributed by atoms with E-state index in [1.54, 1.807) is 6.07 Å². The maximum Gasteiger partial charge on any atom is 0.319 e. The van der Waals surface area contributed by atoms with Crippen molar-refractivity contribution in [2.24, 2.45) is 4.99 Å². The number of amidine groups is 1. The Kier molecular flexibility index (Phi) is 6.66. The number of hydrogen-bond donors (Lipinski definition) is 3. The van der Waals surface area contributed by atoms with Gasteiger partial charge in [0.15, 0.2) is 5.17 Å². The fourth-order valence-electron chi connectivity index (χ4n) is 2.21. The van der Waals surface area contributed by atoms with Crippen LogP contribution in [0.4, 0.5) is 10.5 Å². The molecule has 2 amide bonds. The molecule has 0 saturated heterocycles. The summed E-state index contributed by atoms with van der Waals surface area (Å²) in [5.74, 6) is 0.246. The predicted molar refractivity (Wildman–Crippen MR) is 107 cm³/mol. The molecule has 0 bridgehead atoms. The summed E-state index contributed by atoms with van der Waals surface area (Å²) in [5.41, 5.74) is 0.897. The summed E-state index contributed by atoms with van der Waals surface area (Å²) in [5, 5.41) is 8.95. The van der Waals surface area contributed by atoms with Crippen molar-refractivity contribution in [3.63, 3.8) is 0 Å². The van der Waals surface area contributed by atoms with Crippen LogP contribution in [0.2, 0.25) is 0 Å². The van der Waals surface area contributed by atoms with Crippen molar-refractivity contribution in [2.45, 2.75) is 44.9 Å². The average Bonchev–Trinajstić information content (AvgIpc) is 2.83. The van der Waals surface area contributed by atoms with Crippen molar-refractivity contribution < 1.29 is 9.00 Å². The second kappa shape index (κ2) is 8.53. The van der Waals surface area contributed by atoms with Crippen molar-refractivity contribution in [3.8, 4) is 0 Å². The Morgan fingerprint density at radius 1 is 1.36 bits per heavy atom. The molecule has 1 atom stereocenters. The third kappa shape index (κ3) is 5.34. The maximum atomic E-state index is 12.6. The largest absolute Gasteiger partial charge is 0.338 e. The van der Waals surface area contributed by atoms with Gasteiger partial charge in [0.05, 0.1) is 16.6 Å². The molecule has 1 aliphatic rings. The first-order chi connectivity index (χ1) is 11.8. The third-order valence-electron chi connectivity index (χ3n) is 3.74. The van der Waals surface area contributed by atoms with E-state index < -0.39 is 16.3 Å². The minimum absolute atomic E-state index is 0.246. The Bertz CT molecular complexity index is 716. The van der Waals surface area contributed by atoms with E-state index in [0.29, 0.717) is 22.4 Å². The van der Waals surface area contributed by atoms with Crippen molar-refractivity contribution >= 4 is 44.9 Å². The normalized spacial score (nSPS) is 16.8. The highest BCUT2D eigenvalue weighted by atomic mass is 32.2. The molecule has 0 fully saturated rings. The van der Waals surface area contributed by atoms with Crippen molar-refractivity contribution in [2.75, 3.05) is 11.9 Å². The van der Waals surface area contributed by atoms with Gasteiger partial charge in [0.2, 0.25) is 0 Å². The van der Waals surface area contributed by atoms with E-state index in [2.05, 4.69) is 27.9 Å². The van der Waals surface area contributed by atoms with Gasteiger partial charge in [0, 0.05) is 12.2 Å². The van der Waals surface area contributed by atoms with E-state index in [9.17, 15) is 9.00 Å². The van der Waals surface area contributed by atoms with Crippen LogP contribution in [0.1, 0.15) is 39.2 Å². The van der Waals surface area contributed by atoms with E-state index in [4.69, 9.17) is 12.2 Å². The maximum absolute atomic E-state index is 12.6. The number of rotatable bonds is 6. The van der Waals surface area contributed by atoms with E-state index in [1.165, 1.54) is 0 Å². The number of carbonyl (C=O) groups excluding carboxylic acids is 1. The molecule has 1 aromatic carbocycles. The van der Waals surface area contributed by atoms with E-state index in [0.717, 1.165) is 18.4 Å². The lowest BCUT2D eigenvalue weighted by Crippen LogP contribution is -2.34. The number of amides is 2. The van der Waals surface area contributed by atoms with E-state index in [-0.39, 0.29) is 11.8 Å². The number of carbonyl (C=O) groups is 1. The van der Waals surface area contributed by atoms with Crippen LogP contribution in [-0.4, -0.2) is 32.5 Å². The first-order valence-electron chi connectivity index (χ1n) is 8.26.